The third-order valence-electron chi connectivity index (χ3n) is 5.64. The SMILES string of the molecule is OC[C@H]1O[C@@H](n2cnc3c(N/N=C/c4cccc(OCc5ccccc5)c4)ncnc32)[C@@H](O)C1O. The van der Waals surface area contributed by atoms with Crippen molar-refractivity contribution >= 4 is 23.2 Å². The summed E-state index contributed by atoms with van der Waals surface area (Å²) in [6.45, 7) is 0.0487. The van der Waals surface area contributed by atoms with Crippen molar-refractivity contribution in [2.45, 2.75) is 31.1 Å². The number of nitrogens with one attached hydrogen (secondary N) is 1. The Labute approximate surface area is 200 Å². The van der Waals surface area contributed by atoms with E-state index in [1.165, 1.54) is 17.2 Å². The lowest BCUT2D eigenvalue weighted by Crippen LogP contribution is -2.33. The average molecular weight is 476 g/mol. The highest BCUT2D eigenvalue weighted by Gasteiger charge is 2.44. The molecule has 4 N–H and O–H groups in total. The van der Waals surface area contributed by atoms with E-state index in [9.17, 15) is 15.3 Å². The van der Waals surface area contributed by atoms with Crippen molar-refractivity contribution in [3.63, 3.8) is 0 Å². The van der Waals surface area contributed by atoms with E-state index < -0.39 is 31.1 Å². The molecule has 4 aromatic rings. The lowest BCUT2D eigenvalue weighted by molar-refractivity contribution is -0.0511. The number of ether oxygens (including phenoxy) is 2. The molecule has 1 saturated heterocycles. The molecule has 1 fully saturated rings. The monoisotopic (exact) mass is 476 g/mol. The minimum absolute atomic E-state index is 0.355. The van der Waals surface area contributed by atoms with Crippen LogP contribution in [0.25, 0.3) is 11.2 Å². The van der Waals surface area contributed by atoms with Crippen LogP contribution in [0.1, 0.15) is 17.4 Å². The number of benzene rings is 2. The van der Waals surface area contributed by atoms with Crippen LogP contribution in [-0.4, -0.2) is 66.0 Å². The summed E-state index contributed by atoms with van der Waals surface area (Å²) >= 11 is 0. The van der Waals surface area contributed by atoms with Gasteiger partial charge in [-0.3, -0.25) is 9.99 Å². The first-order chi connectivity index (χ1) is 17.1. The maximum Gasteiger partial charge on any atom is 0.177 e. The van der Waals surface area contributed by atoms with Crippen molar-refractivity contribution in [1.29, 1.82) is 0 Å². The van der Waals surface area contributed by atoms with Crippen molar-refractivity contribution in [1.82, 2.24) is 19.5 Å². The smallest absolute Gasteiger partial charge is 0.177 e. The van der Waals surface area contributed by atoms with Crippen LogP contribution in [0.2, 0.25) is 0 Å². The van der Waals surface area contributed by atoms with Crippen LogP contribution in [0, 0.1) is 0 Å². The van der Waals surface area contributed by atoms with E-state index in [-0.39, 0.29) is 0 Å². The zero-order valence-electron chi connectivity index (χ0n) is 18.5. The molecule has 0 spiro atoms. The van der Waals surface area contributed by atoms with E-state index in [0.717, 1.165) is 16.9 Å². The van der Waals surface area contributed by atoms with Gasteiger partial charge in [-0.15, -0.1) is 0 Å². The van der Waals surface area contributed by atoms with Crippen molar-refractivity contribution in [3.05, 3.63) is 78.4 Å². The van der Waals surface area contributed by atoms with Gasteiger partial charge in [0.15, 0.2) is 23.2 Å². The van der Waals surface area contributed by atoms with Crippen LogP contribution in [0.5, 0.6) is 5.75 Å². The second-order valence-corrected chi connectivity index (χ2v) is 7.99. The Balaban J connectivity index is 1.28. The third-order valence-corrected chi connectivity index (χ3v) is 5.64. The van der Waals surface area contributed by atoms with Crippen LogP contribution in [0.3, 0.4) is 0 Å². The number of rotatable bonds is 8. The minimum Gasteiger partial charge on any atom is -0.489 e. The van der Waals surface area contributed by atoms with E-state index in [0.29, 0.717) is 23.6 Å². The van der Waals surface area contributed by atoms with Gasteiger partial charge in [-0.2, -0.15) is 5.10 Å². The number of nitrogens with zero attached hydrogens (tertiary/aromatic N) is 5. The topological polar surface area (TPSA) is 147 Å². The lowest BCUT2D eigenvalue weighted by Gasteiger charge is -2.16. The third kappa shape index (κ3) is 4.84. The number of hydrazone groups is 1. The molecule has 11 heteroatoms. The van der Waals surface area contributed by atoms with Gasteiger partial charge in [-0.05, 0) is 23.3 Å². The highest BCUT2D eigenvalue weighted by Crippen LogP contribution is 2.32. The summed E-state index contributed by atoms with van der Waals surface area (Å²) in [5, 5.41) is 34.0. The molecule has 2 aromatic carbocycles. The standard InChI is InChI=1S/C24H24N6O5/c31-11-18-20(32)21(33)24(35-18)30-14-27-19-22(25-13-26-23(19)30)29-28-10-16-7-4-8-17(9-16)34-12-15-5-2-1-3-6-15/h1-10,13-14,18,20-21,24,31-33H,11-12H2,(H,25,26,29)/b28-10+/t18-,20?,21+,24-/m1/s1. The molecule has 4 atom stereocenters. The first-order valence-electron chi connectivity index (χ1n) is 11.0. The molecule has 1 aliphatic heterocycles. The summed E-state index contributed by atoms with van der Waals surface area (Å²) < 4.78 is 12.9. The fourth-order valence-electron chi connectivity index (χ4n) is 3.82. The van der Waals surface area contributed by atoms with Crippen LogP contribution in [0.4, 0.5) is 5.82 Å². The van der Waals surface area contributed by atoms with Crippen LogP contribution >= 0.6 is 0 Å². The Morgan fingerprint density at radius 3 is 2.71 bits per heavy atom. The summed E-state index contributed by atoms with van der Waals surface area (Å²) in [7, 11) is 0. The molecule has 0 radical (unpaired) electrons. The lowest BCUT2D eigenvalue weighted by atomic mass is 10.1. The Morgan fingerprint density at radius 2 is 1.91 bits per heavy atom. The fourth-order valence-corrected chi connectivity index (χ4v) is 3.82. The number of aliphatic hydroxyl groups is 3. The zero-order valence-corrected chi connectivity index (χ0v) is 18.5. The summed E-state index contributed by atoms with van der Waals surface area (Å²) in [5.74, 6) is 1.08. The van der Waals surface area contributed by atoms with E-state index >= 15 is 0 Å². The molecule has 180 valence electrons. The maximum absolute atomic E-state index is 10.3. The minimum atomic E-state index is -1.25. The Morgan fingerprint density at radius 1 is 1.06 bits per heavy atom. The molecule has 1 aliphatic rings. The van der Waals surface area contributed by atoms with Gasteiger partial charge in [0.05, 0.1) is 19.1 Å². The molecule has 0 amide bonds. The van der Waals surface area contributed by atoms with Gasteiger partial charge in [0.25, 0.3) is 0 Å². The zero-order chi connectivity index (χ0) is 24.2. The Hall–Kier alpha value is -3.90. The molecular weight excluding hydrogens is 452 g/mol. The van der Waals surface area contributed by atoms with Gasteiger partial charge in [-0.25, -0.2) is 15.0 Å². The van der Waals surface area contributed by atoms with Gasteiger partial charge >= 0.3 is 0 Å². The molecular formula is C24H24N6O5. The maximum atomic E-state index is 10.3. The van der Waals surface area contributed by atoms with Gasteiger partial charge in [-0.1, -0.05) is 42.5 Å². The predicted molar refractivity (Wildman–Crippen MR) is 127 cm³/mol. The second kappa shape index (κ2) is 10.2. The Bertz CT molecular complexity index is 1310. The normalized spacial score (nSPS) is 22.1. The van der Waals surface area contributed by atoms with E-state index in [1.54, 1.807) is 6.21 Å². The van der Waals surface area contributed by atoms with Crippen LogP contribution in [-0.2, 0) is 11.3 Å². The number of aliphatic hydroxyl groups excluding tert-OH is 3. The molecule has 3 heterocycles. The quantitative estimate of drug-likeness (QED) is 0.219. The van der Waals surface area contributed by atoms with Gasteiger partial charge in [0.2, 0.25) is 0 Å². The number of anilines is 1. The predicted octanol–water partition coefficient (Wildman–Crippen LogP) is 1.46. The van der Waals surface area contributed by atoms with E-state index in [2.05, 4.69) is 25.5 Å². The van der Waals surface area contributed by atoms with Gasteiger partial charge < -0.3 is 24.8 Å². The fraction of sp³-hybridized carbons (Fsp3) is 0.250. The average Bonchev–Trinajstić information content (AvgIpc) is 3.45. The molecule has 0 bridgehead atoms. The van der Waals surface area contributed by atoms with Crippen LogP contribution < -0.4 is 10.2 Å². The number of imidazole rings is 1. The van der Waals surface area contributed by atoms with Crippen molar-refractivity contribution in [2.75, 3.05) is 12.0 Å². The number of hydrogen-bond donors (Lipinski definition) is 4. The van der Waals surface area contributed by atoms with Gasteiger partial charge in [0, 0.05) is 0 Å². The van der Waals surface area contributed by atoms with Crippen molar-refractivity contribution in [3.8, 4) is 5.75 Å². The summed E-state index contributed by atoms with van der Waals surface area (Å²) in [6, 6.07) is 17.5. The largest absolute Gasteiger partial charge is 0.489 e. The molecule has 5 rings (SSSR count). The number of hydrogen-bond acceptors (Lipinski definition) is 10. The molecule has 2 aromatic heterocycles. The second-order valence-electron chi connectivity index (χ2n) is 7.99. The van der Waals surface area contributed by atoms with Crippen molar-refractivity contribution in [2.24, 2.45) is 5.10 Å². The van der Waals surface area contributed by atoms with E-state index in [1.807, 2.05) is 54.6 Å². The summed E-state index contributed by atoms with van der Waals surface area (Å²) in [4.78, 5) is 12.7. The molecule has 35 heavy (non-hydrogen) atoms. The molecule has 0 saturated carbocycles. The van der Waals surface area contributed by atoms with Crippen LogP contribution in [0.15, 0.2) is 72.4 Å². The molecule has 0 aliphatic carbocycles. The molecule has 11 nitrogen and oxygen atoms in total. The van der Waals surface area contributed by atoms with E-state index in [4.69, 9.17) is 9.47 Å². The van der Waals surface area contributed by atoms with Crippen molar-refractivity contribution < 1.29 is 24.8 Å². The summed E-state index contributed by atoms with van der Waals surface area (Å²) in [6.07, 6.45) is 0.0804. The van der Waals surface area contributed by atoms with Gasteiger partial charge in [0.1, 0.15) is 37.0 Å². The molecule has 1 unspecified atom stereocenters. The highest BCUT2D eigenvalue weighted by atomic mass is 16.6. The first kappa shape index (κ1) is 22.9. The number of fused-ring (bicyclic) bond motifs is 1. The Kier molecular flexibility index (Phi) is 6.64. The summed E-state index contributed by atoms with van der Waals surface area (Å²) in [5.41, 5.74) is 5.56. The highest BCUT2D eigenvalue weighted by molar-refractivity contribution is 5.85. The number of aromatic nitrogens is 4. The first-order valence-corrected chi connectivity index (χ1v) is 11.0.